The van der Waals surface area contributed by atoms with Gasteiger partial charge in [0.2, 0.25) is 23.6 Å². The largest absolute Gasteiger partial charge is 0.480 e. The summed E-state index contributed by atoms with van der Waals surface area (Å²) in [5, 5.41) is 18.1. The predicted molar refractivity (Wildman–Crippen MR) is 156 cm³/mol. The molecular weight excluding hydrogens is 572 g/mol. The molecule has 0 aliphatic carbocycles. The molecule has 0 bridgehead atoms. The molecule has 4 unspecified atom stereocenters. The summed E-state index contributed by atoms with van der Waals surface area (Å²) in [6.45, 7) is 0. The number of nitrogens with one attached hydrogen (secondary N) is 6. The van der Waals surface area contributed by atoms with E-state index in [9.17, 15) is 29.1 Å². The highest BCUT2D eigenvalue weighted by Gasteiger charge is 2.31. The lowest BCUT2D eigenvalue weighted by Crippen LogP contribution is -2.58. The first kappa shape index (κ1) is 31.4. The monoisotopic (exact) mass is 606 g/mol. The molecule has 3 aromatic heterocycles. The average molecular weight is 607 g/mol. The predicted octanol–water partition coefficient (Wildman–Crippen LogP) is -1.23. The Balaban J connectivity index is 1.49. The lowest BCUT2D eigenvalue weighted by molar-refractivity contribution is -0.142. The summed E-state index contributed by atoms with van der Waals surface area (Å²) in [7, 11) is 0. The van der Waals surface area contributed by atoms with Crippen LogP contribution in [-0.2, 0) is 43.2 Å². The van der Waals surface area contributed by atoms with Gasteiger partial charge in [-0.15, -0.1) is 0 Å². The van der Waals surface area contributed by atoms with E-state index in [4.69, 9.17) is 11.5 Å². The maximum atomic E-state index is 13.6. The topological polar surface area (TPSA) is 267 Å². The molecule has 4 amide bonds. The van der Waals surface area contributed by atoms with E-state index < -0.39 is 53.8 Å². The van der Waals surface area contributed by atoms with E-state index in [1.165, 1.54) is 25.0 Å². The molecule has 4 atom stereocenters. The number of para-hydroxylation sites is 1. The van der Waals surface area contributed by atoms with E-state index >= 15 is 0 Å². The smallest absolute Gasteiger partial charge is 0.326 e. The fraction of sp³-hybridized carbons (Fsp3) is 0.321. The molecule has 0 saturated carbocycles. The Morgan fingerprint density at radius 3 is 1.91 bits per heavy atom. The molecule has 3 heterocycles. The SMILES string of the molecule is NC(=O)CCC(NC(=O)C(Cc1cnc[nH]1)NC(=O)C(Cc1cnc[nH]1)NC(=O)C(N)Cc1c[nH]c2ccccc12)C(=O)O. The van der Waals surface area contributed by atoms with Gasteiger partial charge in [0, 0.05) is 60.1 Å². The van der Waals surface area contributed by atoms with Gasteiger partial charge in [-0.2, -0.15) is 0 Å². The molecule has 0 spiro atoms. The van der Waals surface area contributed by atoms with Gasteiger partial charge >= 0.3 is 5.97 Å². The highest BCUT2D eigenvalue weighted by Crippen LogP contribution is 2.19. The van der Waals surface area contributed by atoms with Crippen LogP contribution in [0.4, 0.5) is 0 Å². The number of hydrogen-bond donors (Lipinski definition) is 9. The van der Waals surface area contributed by atoms with Crippen LogP contribution < -0.4 is 27.4 Å². The number of carbonyl (C=O) groups is 5. The van der Waals surface area contributed by atoms with Crippen LogP contribution in [0.2, 0.25) is 0 Å². The van der Waals surface area contributed by atoms with Gasteiger partial charge in [-0.25, -0.2) is 14.8 Å². The number of imidazole rings is 2. The summed E-state index contributed by atoms with van der Waals surface area (Å²) in [5.41, 5.74) is 14.1. The fourth-order valence-electron chi connectivity index (χ4n) is 4.65. The lowest BCUT2D eigenvalue weighted by atomic mass is 10.0. The molecule has 44 heavy (non-hydrogen) atoms. The number of carboxylic acids is 1. The van der Waals surface area contributed by atoms with E-state index in [1.54, 1.807) is 6.20 Å². The average Bonchev–Trinajstić information content (AvgIpc) is 3.77. The van der Waals surface area contributed by atoms with Gasteiger partial charge in [0.1, 0.15) is 18.1 Å². The zero-order valence-corrected chi connectivity index (χ0v) is 23.6. The van der Waals surface area contributed by atoms with Crippen LogP contribution in [0.5, 0.6) is 0 Å². The lowest BCUT2D eigenvalue weighted by Gasteiger charge is -2.25. The van der Waals surface area contributed by atoms with Crippen molar-refractivity contribution in [1.29, 1.82) is 0 Å². The maximum Gasteiger partial charge on any atom is 0.326 e. The van der Waals surface area contributed by atoms with Crippen molar-refractivity contribution in [2.45, 2.75) is 56.3 Å². The van der Waals surface area contributed by atoms with Crippen molar-refractivity contribution in [1.82, 2.24) is 40.9 Å². The van der Waals surface area contributed by atoms with Crippen LogP contribution in [-0.4, -0.2) is 83.8 Å². The van der Waals surface area contributed by atoms with Crippen molar-refractivity contribution in [2.75, 3.05) is 0 Å². The van der Waals surface area contributed by atoms with E-state index in [2.05, 4.69) is 40.9 Å². The van der Waals surface area contributed by atoms with Gasteiger partial charge in [-0.05, 0) is 24.5 Å². The number of carboxylic acid groups (broad SMARTS) is 1. The summed E-state index contributed by atoms with van der Waals surface area (Å²) in [6, 6.07) is 2.68. The molecule has 0 aliphatic rings. The summed E-state index contributed by atoms with van der Waals surface area (Å²) >= 11 is 0. The zero-order valence-electron chi connectivity index (χ0n) is 23.6. The van der Waals surface area contributed by atoms with Crippen molar-refractivity contribution in [3.8, 4) is 0 Å². The standard InChI is InChI=1S/C28H34N10O6/c29-19(7-15-10-33-20-4-2-1-3-18(15)20)25(40)37-22(8-16-11-31-13-34-16)27(42)38-23(9-17-12-32-14-35-17)26(41)36-21(28(43)44)5-6-24(30)39/h1-4,10-14,19,21-23,33H,5-9,29H2,(H2,30,39)(H,31,34)(H,32,35)(H,36,41)(H,37,40)(H,38,42)(H,43,44). The first-order valence-corrected chi connectivity index (χ1v) is 13.8. The van der Waals surface area contributed by atoms with Crippen molar-refractivity contribution in [2.24, 2.45) is 11.5 Å². The summed E-state index contributed by atoms with van der Waals surface area (Å²) < 4.78 is 0. The number of hydrogen-bond acceptors (Lipinski definition) is 8. The second-order valence-electron chi connectivity index (χ2n) is 10.3. The zero-order chi connectivity index (χ0) is 31.6. The molecule has 0 saturated heterocycles. The fourth-order valence-corrected chi connectivity index (χ4v) is 4.65. The minimum absolute atomic E-state index is 0.00780. The summed E-state index contributed by atoms with van der Waals surface area (Å²) in [4.78, 5) is 79.7. The molecule has 4 rings (SSSR count). The van der Waals surface area contributed by atoms with Crippen molar-refractivity contribution in [3.05, 3.63) is 72.5 Å². The Bertz CT molecular complexity index is 1580. The number of aromatic nitrogens is 5. The molecule has 0 fully saturated rings. The second-order valence-corrected chi connectivity index (χ2v) is 10.3. The summed E-state index contributed by atoms with van der Waals surface area (Å²) in [5.74, 6) is -4.25. The van der Waals surface area contributed by atoms with Crippen LogP contribution in [0.1, 0.15) is 29.8 Å². The Hall–Kier alpha value is -5.51. The minimum atomic E-state index is -1.43. The first-order valence-electron chi connectivity index (χ1n) is 13.8. The number of aliphatic carboxylic acids is 1. The number of nitrogens with two attached hydrogens (primary N) is 2. The molecule has 1 aromatic carbocycles. The maximum absolute atomic E-state index is 13.6. The number of amides is 4. The van der Waals surface area contributed by atoms with Gasteiger partial charge in [0.15, 0.2) is 0 Å². The molecule has 11 N–H and O–H groups in total. The number of aromatic amines is 3. The van der Waals surface area contributed by atoms with Gasteiger partial charge in [0.05, 0.1) is 18.7 Å². The Labute approximate surface area is 250 Å². The molecule has 16 heteroatoms. The van der Waals surface area contributed by atoms with Crippen molar-refractivity contribution in [3.63, 3.8) is 0 Å². The molecule has 232 valence electrons. The van der Waals surface area contributed by atoms with Gasteiger partial charge in [0.25, 0.3) is 0 Å². The second kappa shape index (κ2) is 14.6. The third kappa shape index (κ3) is 8.51. The van der Waals surface area contributed by atoms with E-state index in [0.717, 1.165) is 16.5 Å². The number of benzene rings is 1. The Morgan fingerprint density at radius 1 is 0.795 bits per heavy atom. The van der Waals surface area contributed by atoms with E-state index in [1.807, 2.05) is 24.3 Å². The normalized spacial score (nSPS) is 13.8. The molecule has 4 aromatic rings. The highest BCUT2D eigenvalue weighted by molar-refractivity contribution is 5.94. The third-order valence-corrected chi connectivity index (χ3v) is 6.97. The number of H-pyrrole nitrogens is 3. The highest BCUT2D eigenvalue weighted by atomic mass is 16.4. The number of carbonyl (C=O) groups excluding carboxylic acids is 4. The Morgan fingerprint density at radius 2 is 1.36 bits per heavy atom. The summed E-state index contributed by atoms with van der Waals surface area (Å²) in [6.07, 6.45) is 7.11. The minimum Gasteiger partial charge on any atom is -0.480 e. The quantitative estimate of drug-likeness (QED) is 0.0738. The van der Waals surface area contributed by atoms with Crippen LogP contribution in [0, 0.1) is 0 Å². The molecular formula is C28H34N10O6. The molecule has 0 radical (unpaired) electrons. The number of fused-ring (bicyclic) bond motifs is 1. The molecule has 16 nitrogen and oxygen atoms in total. The van der Waals surface area contributed by atoms with E-state index in [-0.39, 0.29) is 32.1 Å². The van der Waals surface area contributed by atoms with E-state index in [0.29, 0.717) is 11.4 Å². The number of rotatable bonds is 16. The van der Waals surface area contributed by atoms with Crippen LogP contribution >= 0.6 is 0 Å². The van der Waals surface area contributed by atoms with Crippen LogP contribution in [0.15, 0.2) is 55.5 Å². The molecule has 0 aliphatic heterocycles. The van der Waals surface area contributed by atoms with Gasteiger partial charge in [-0.3, -0.25) is 19.2 Å². The van der Waals surface area contributed by atoms with Crippen molar-refractivity contribution >= 4 is 40.5 Å². The Kier molecular flexibility index (Phi) is 10.4. The van der Waals surface area contributed by atoms with Crippen LogP contribution in [0.3, 0.4) is 0 Å². The van der Waals surface area contributed by atoms with Gasteiger partial charge < -0.3 is 47.5 Å². The van der Waals surface area contributed by atoms with Crippen LogP contribution in [0.25, 0.3) is 10.9 Å². The van der Waals surface area contributed by atoms with Gasteiger partial charge in [-0.1, -0.05) is 18.2 Å². The third-order valence-electron chi connectivity index (χ3n) is 6.97. The number of nitrogens with zero attached hydrogens (tertiary/aromatic N) is 2. The first-order chi connectivity index (χ1) is 21.1. The van der Waals surface area contributed by atoms with Crippen molar-refractivity contribution < 1.29 is 29.1 Å². The number of primary amides is 1.